The third-order valence-electron chi connectivity index (χ3n) is 8.00. The van der Waals surface area contributed by atoms with Crippen molar-refractivity contribution in [3.05, 3.63) is 149 Å². The normalized spacial score (nSPS) is 17.9. The van der Waals surface area contributed by atoms with Crippen molar-refractivity contribution in [1.29, 1.82) is 0 Å². The maximum atomic E-state index is 15.1. The number of methoxy groups -OCH3 is 2. The Morgan fingerprint density at radius 3 is 1.54 bits per heavy atom. The maximum absolute atomic E-state index is 15.1. The Morgan fingerprint density at radius 1 is 0.630 bits per heavy atom. The van der Waals surface area contributed by atoms with E-state index in [-0.39, 0.29) is 5.57 Å². The molecule has 0 saturated carbocycles. The monoisotopic (exact) mass is 624 g/mol. The van der Waals surface area contributed by atoms with Gasteiger partial charge in [0.2, 0.25) is 5.78 Å². The molecule has 0 heterocycles. The second-order valence-corrected chi connectivity index (χ2v) is 16.8. The molecule has 2 atom stereocenters. The molecule has 0 fully saturated rings. The molecule has 0 unspecified atom stereocenters. The van der Waals surface area contributed by atoms with Crippen LogP contribution >= 0.6 is 0 Å². The smallest absolute Gasteiger partial charge is 0.336 e. The second kappa shape index (κ2) is 13.4. The molecule has 0 saturated heterocycles. The number of benzene rings is 4. The molecule has 6 heteroatoms. The number of esters is 2. The SMILES string of the molecule is COC(=O)C1=C(c2ccccc2)[C@H](c2ccccc2)C(c2ccccc2)=C(c2ccccc2)[C@]1(C(=O)C#C[Si](C)(C)C)C(=O)OC. The largest absolute Gasteiger partial charge is 0.468 e. The highest BCUT2D eigenvalue weighted by molar-refractivity contribution is 6.84. The number of rotatable bonds is 7. The zero-order chi connectivity index (χ0) is 32.9. The number of ketones is 1. The fourth-order valence-electron chi connectivity index (χ4n) is 6.16. The molecule has 0 aliphatic heterocycles. The fraction of sp³-hybridized carbons (Fsp3) is 0.175. The van der Waals surface area contributed by atoms with Gasteiger partial charge in [-0.25, -0.2) is 4.79 Å². The van der Waals surface area contributed by atoms with Gasteiger partial charge < -0.3 is 9.47 Å². The number of ether oxygens (including phenoxy) is 2. The van der Waals surface area contributed by atoms with Crippen molar-refractivity contribution in [2.24, 2.45) is 5.41 Å². The molecule has 230 valence electrons. The van der Waals surface area contributed by atoms with Crippen LogP contribution in [0.1, 0.15) is 28.2 Å². The Balaban J connectivity index is 2.14. The van der Waals surface area contributed by atoms with Crippen molar-refractivity contribution < 1.29 is 23.9 Å². The van der Waals surface area contributed by atoms with Gasteiger partial charge in [-0.1, -0.05) is 141 Å². The van der Waals surface area contributed by atoms with E-state index >= 15 is 4.79 Å². The molecule has 0 aromatic heterocycles. The van der Waals surface area contributed by atoms with Crippen LogP contribution in [0.2, 0.25) is 19.6 Å². The Kier molecular flexibility index (Phi) is 9.36. The number of hydrogen-bond acceptors (Lipinski definition) is 5. The van der Waals surface area contributed by atoms with Gasteiger partial charge in [0, 0.05) is 5.92 Å². The molecule has 0 radical (unpaired) electrons. The van der Waals surface area contributed by atoms with Crippen molar-refractivity contribution >= 4 is 42.5 Å². The number of Topliss-reactive ketones (excluding diaryl/α,β-unsaturated/α-hetero) is 1. The van der Waals surface area contributed by atoms with E-state index in [1.54, 1.807) is 0 Å². The highest BCUT2D eigenvalue weighted by Crippen LogP contribution is 2.60. The van der Waals surface area contributed by atoms with Gasteiger partial charge in [-0.05, 0) is 44.9 Å². The highest BCUT2D eigenvalue weighted by atomic mass is 28.3. The molecule has 4 aromatic rings. The quantitative estimate of drug-likeness (QED) is 0.0915. The molecule has 1 aliphatic carbocycles. The number of hydrogen-bond donors (Lipinski definition) is 0. The molecular weight excluding hydrogens is 589 g/mol. The van der Waals surface area contributed by atoms with E-state index in [1.165, 1.54) is 14.2 Å². The zero-order valence-corrected chi connectivity index (χ0v) is 27.7. The second-order valence-electron chi connectivity index (χ2n) is 12.1. The predicted octanol–water partition coefficient (Wildman–Crippen LogP) is 7.63. The zero-order valence-electron chi connectivity index (χ0n) is 26.7. The minimum Gasteiger partial charge on any atom is -0.468 e. The van der Waals surface area contributed by atoms with E-state index in [1.807, 2.05) is 141 Å². The van der Waals surface area contributed by atoms with Gasteiger partial charge in [-0.3, -0.25) is 9.59 Å². The summed E-state index contributed by atoms with van der Waals surface area (Å²) in [5.74, 6) is -0.200. The minimum absolute atomic E-state index is 0.102. The lowest BCUT2D eigenvalue weighted by molar-refractivity contribution is -0.153. The van der Waals surface area contributed by atoms with Crippen LogP contribution in [0.5, 0.6) is 0 Å². The first kappa shape index (κ1) is 32.1. The van der Waals surface area contributed by atoms with Crippen LogP contribution in [0, 0.1) is 16.9 Å². The lowest BCUT2D eigenvalue weighted by atomic mass is 9.56. The minimum atomic E-state index is -2.28. The Hall–Kier alpha value is -5.25. The van der Waals surface area contributed by atoms with E-state index in [0.29, 0.717) is 27.8 Å². The number of carbonyl (C=O) groups is 3. The van der Waals surface area contributed by atoms with Crippen LogP contribution in [-0.4, -0.2) is 40.0 Å². The van der Waals surface area contributed by atoms with Gasteiger partial charge >= 0.3 is 11.9 Å². The lowest BCUT2D eigenvalue weighted by Crippen LogP contribution is -2.48. The average Bonchev–Trinajstić information content (AvgIpc) is 3.09. The standard InChI is InChI=1S/C40H36O5Si/c1-44-38(42)37-35(30-22-14-8-15-23-30)33(28-18-10-6-11-19-28)34(29-20-12-7-13-21-29)36(31-24-16-9-17-25-31)40(37,39(43)45-2)32(41)26-27-46(3,4)5/h6-25,33H,1-5H3/t33-,40+/m1/s1. The topological polar surface area (TPSA) is 69.7 Å². The molecule has 0 amide bonds. The molecular formula is C40H36O5Si. The summed E-state index contributed by atoms with van der Waals surface area (Å²) >= 11 is 0. The van der Waals surface area contributed by atoms with Crippen molar-refractivity contribution in [3.63, 3.8) is 0 Å². The molecule has 5 nitrogen and oxygen atoms in total. The Labute approximate surface area is 271 Å². The summed E-state index contributed by atoms with van der Waals surface area (Å²) in [6.07, 6.45) is 0. The fourth-order valence-corrected chi connectivity index (χ4v) is 6.64. The third kappa shape index (κ3) is 5.90. The number of allylic oxidation sites excluding steroid dienone is 2. The van der Waals surface area contributed by atoms with Gasteiger partial charge in [0.1, 0.15) is 8.07 Å². The van der Waals surface area contributed by atoms with E-state index in [9.17, 15) is 9.59 Å². The number of carbonyl (C=O) groups excluding carboxylic acids is 3. The first-order chi connectivity index (χ1) is 22.1. The Morgan fingerprint density at radius 2 is 1.09 bits per heavy atom. The summed E-state index contributed by atoms with van der Waals surface area (Å²) < 4.78 is 11.0. The Bertz CT molecular complexity index is 1880. The van der Waals surface area contributed by atoms with Crippen LogP contribution in [0.3, 0.4) is 0 Å². The van der Waals surface area contributed by atoms with E-state index in [4.69, 9.17) is 9.47 Å². The first-order valence-electron chi connectivity index (χ1n) is 15.1. The van der Waals surface area contributed by atoms with Crippen molar-refractivity contribution in [1.82, 2.24) is 0 Å². The van der Waals surface area contributed by atoms with Crippen molar-refractivity contribution in [2.45, 2.75) is 25.6 Å². The molecule has 4 aromatic carbocycles. The predicted molar refractivity (Wildman–Crippen MR) is 185 cm³/mol. The van der Waals surface area contributed by atoms with Gasteiger partial charge in [0.15, 0.2) is 5.41 Å². The molecule has 5 rings (SSSR count). The van der Waals surface area contributed by atoms with E-state index < -0.39 is 37.1 Å². The summed E-state index contributed by atoms with van der Waals surface area (Å²) in [6, 6.07) is 38.1. The molecule has 1 aliphatic rings. The molecule has 0 spiro atoms. The summed E-state index contributed by atoms with van der Waals surface area (Å²) in [5.41, 5.74) is 5.19. The summed E-state index contributed by atoms with van der Waals surface area (Å²) in [7, 11) is 0.358. The third-order valence-corrected chi connectivity index (χ3v) is 8.88. The van der Waals surface area contributed by atoms with Crippen LogP contribution in [0.25, 0.3) is 16.7 Å². The van der Waals surface area contributed by atoms with Crippen LogP contribution in [-0.2, 0) is 23.9 Å². The summed E-state index contributed by atoms with van der Waals surface area (Å²) in [4.78, 5) is 44.1. The van der Waals surface area contributed by atoms with Gasteiger partial charge in [0.05, 0.1) is 19.8 Å². The molecule has 0 bridgehead atoms. The molecule has 0 N–H and O–H groups in total. The highest BCUT2D eigenvalue weighted by Gasteiger charge is 2.61. The summed E-state index contributed by atoms with van der Waals surface area (Å²) in [5, 5.41) is 0. The molecule has 46 heavy (non-hydrogen) atoms. The van der Waals surface area contributed by atoms with Crippen LogP contribution in [0.4, 0.5) is 0 Å². The summed E-state index contributed by atoms with van der Waals surface area (Å²) in [6.45, 7) is 6.04. The first-order valence-corrected chi connectivity index (χ1v) is 18.6. The van der Waals surface area contributed by atoms with Crippen LogP contribution in [0.15, 0.2) is 127 Å². The van der Waals surface area contributed by atoms with Crippen molar-refractivity contribution in [3.8, 4) is 11.5 Å². The van der Waals surface area contributed by atoms with E-state index in [2.05, 4.69) is 11.5 Å². The van der Waals surface area contributed by atoms with Crippen molar-refractivity contribution in [2.75, 3.05) is 14.2 Å². The van der Waals surface area contributed by atoms with Crippen LogP contribution < -0.4 is 0 Å². The van der Waals surface area contributed by atoms with E-state index in [0.717, 1.165) is 11.1 Å². The lowest BCUT2D eigenvalue weighted by Gasteiger charge is -2.43. The van der Waals surface area contributed by atoms with Gasteiger partial charge in [-0.15, -0.1) is 5.54 Å². The van der Waals surface area contributed by atoms with Gasteiger partial charge in [0.25, 0.3) is 0 Å². The average molecular weight is 625 g/mol. The maximum Gasteiger partial charge on any atom is 0.336 e. The van der Waals surface area contributed by atoms with Gasteiger partial charge in [-0.2, -0.15) is 0 Å².